The molecule has 0 atom stereocenters. The van der Waals surface area contributed by atoms with E-state index in [-0.39, 0.29) is 11.5 Å². The fourth-order valence-corrected chi connectivity index (χ4v) is 3.02. The Morgan fingerprint density at radius 3 is 3.00 bits per heavy atom. The monoisotopic (exact) mass is 239 g/mol. The van der Waals surface area contributed by atoms with Gasteiger partial charge < -0.3 is 5.11 Å². The second kappa shape index (κ2) is 4.74. The number of carbonyl (C=O) groups is 1. The largest absolute Gasteiger partial charge is 0.389 e. The van der Waals surface area contributed by atoms with E-state index >= 15 is 0 Å². The van der Waals surface area contributed by atoms with Crippen LogP contribution in [-0.2, 0) is 4.79 Å². The van der Waals surface area contributed by atoms with Crippen LogP contribution in [0.15, 0.2) is 28.6 Å². The third kappa shape index (κ3) is 2.56. The molecule has 5 heteroatoms. The summed E-state index contributed by atoms with van der Waals surface area (Å²) in [5.41, 5.74) is 0.960. The Hall–Kier alpha value is -0.910. The molecule has 2 aromatic rings. The Morgan fingerprint density at radius 2 is 2.27 bits per heavy atom. The van der Waals surface area contributed by atoms with E-state index in [4.69, 9.17) is 5.11 Å². The summed E-state index contributed by atoms with van der Waals surface area (Å²) in [6.07, 6.45) is 0. The zero-order valence-electron chi connectivity index (χ0n) is 7.84. The summed E-state index contributed by atoms with van der Waals surface area (Å²) in [6, 6.07) is 7.86. The maximum Gasteiger partial charge on any atom is 0.168 e. The van der Waals surface area contributed by atoms with Crippen LogP contribution in [0.2, 0.25) is 0 Å². The zero-order valence-corrected chi connectivity index (χ0v) is 9.48. The first-order chi connectivity index (χ1) is 7.29. The average Bonchev–Trinajstić information content (AvgIpc) is 2.68. The van der Waals surface area contributed by atoms with Gasteiger partial charge in [0.1, 0.15) is 6.61 Å². The molecule has 0 saturated heterocycles. The highest BCUT2D eigenvalue weighted by atomic mass is 32.2. The van der Waals surface area contributed by atoms with Gasteiger partial charge in [0.05, 0.1) is 16.0 Å². The first kappa shape index (κ1) is 10.6. The van der Waals surface area contributed by atoms with Crippen LogP contribution in [0.5, 0.6) is 0 Å². The maximum absolute atomic E-state index is 10.9. The van der Waals surface area contributed by atoms with Gasteiger partial charge in [-0.1, -0.05) is 23.9 Å². The van der Waals surface area contributed by atoms with Gasteiger partial charge >= 0.3 is 0 Å². The molecule has 0 spiro atoms. The number of hydrogen-bond acceptors (Lipinski definition) is 5. The number of aliphatic hydroxyl groups excluding tert-OH is 1. The van der Waals surface area contributed by atoms with E-state index in [0.717, 1.165) is 14.6 Å². The van der Waals surface area contributed by atoms with Crippen molar-refractivity contribution >= 4 is 39.1 Å². The Balaban J connectivity index is 2.12. The van der Waals surface area contributed by atoms with E-state index in [1.54, 1.807) is 11.3 Å². The Morgan fingerprint density at radius 1 is 1.47 bits per heavy atom. The molecule has 78 valence electrons. The van der Waals surface area contributed by atoms with Crippen LogP contribution in [0.1, 0.15) is 0 Å². The summed E-state index contributed by atoms with van der Waals surface area (Å²) in [5, 5.41) is 8.57. The highest BCUT2D eigenvalue weighted by molar-refractivity contribution is 8.01. The molecule has 0 aliphatic rings. The summed E-state index contributed by atoms with van der Waals surface area (Å²) < 4.78 is 1.99. The molecule has 15 heavy (non-hydrogen) atoms. The number of aliphatic hydroxyl groups is 1. The number of Topliss-reactive ketones (excluding diaryl/α,β-unsaturated/α-hetero) is 1. The van der Waals surface area contributed by atoms with Crippen LogP contribution >= 0.6 is 23.1 Å². The minimum absolute atomic E-state index is 0.167. The van der Waals surface area contributed by atoms with Crippen molar-refractivity contribution in [3.05, 3.63) is 24.3 Å². The molecular formula is C10H9NO2S2. The molecule has 2 rings (SSSR count). The Labute approximate surface area is 95.1 Å². The van der Waals surface area contributed by atoms with Crippen LogP contribution in [0.25, 0.3) is 10.2 Å². The lowest BCUT2D eigenvalue weighted by atomic mass is 10.3. The third-order valence-electron chi connectivity index (χ3n) is 1.81. The van der Waals surface area contributed by atoms with Crippen molar-refractivity contribution < 1.29 is 9.90 Å². The highest BCUT2D eigenvalue weighted by Gasteiger charge is 2.06. The van der Waals surface area contributed by atoms with Gasteiger partial charge in [0, 0.05) is 0 Å². The summed E-state index contributed by atoms with van der Waals surface area (Å²) in [5.74, 6) is 0.121. The number of benzene rings is 1. The fourth-order valence-electron chi connectivity index (χ4n) is 1.10. The van der Waals surface area contributed by atoms with Gasteiger partial charge in [-0.3, -0.25) is 4.79 Å². The quantitative estimate of drug-likeness (QED) is 0.828. The van der Waals surface area contributed by atoms with Gasteiger partial charge in [-0.2, -0.15) is 0 Å². The number of aromatic nitrogens is 1. The van der Waals surface area contributed by atoms with Gasteiger partial charge in [-0.25, -0.2) is 4.98 Å². The highest BCUT2D eigenvalue weighted by Crippen LogP contribution is 2.28. The average molecular weight is 239 g/mol. The topological polar surface area (TPSA) is 50.2 Å². The van der Waals surface area contributed by atoms with E-state index < -0.39 is 6.61 Å². The molecule has 1 heterocycles. The van der Waals surface area contributed by atoms with Crippen molar-refractivity contribution in [3.8, 4) is 0 Å². The first-order valence-corrected chi connectivity index (χ1v) is 6.21. The van der Waals surface area contributed by atoms with Crippen LogP contribution < -0.4 is 0 Å². The summed E-state index contributed by atoms with van der Waals surface area (Å²) in [4.78, 5) is 15.3. The predicted octanol–water partition coefficient (Wildman–Crippen LogP) is 1.95. The first-order valence-electron chi connectivity index (χ1n) is 4.40. The molecule has 0 saturated carbocycles. The van der Waals surface area contributed by atoms with Crippen LogP contribution in [0.4, 0.5) is 0 Å². The molecule has 1 aromatic heterocycles. The van der Waals surface area contributed by atoms with E-state index in [1.807, 2.05) is 24.3 Å². The number of rotatable bonds is 4. The van der Waals surface area contributed by atoms with Crippen molar-refractivity contribution in [3.63, 3.8) is 0 Å². The molecule has 0 amide bonds. The third-order valence-corrected chi connectivity index (χ3v) is 4.05. The second-order valence-corrected chi connectivity index (χ2v) is 5.19. The standard InChI is InChI=1S/C10H9NO2S2/c12-5-7(13)6-14-10-11-8-3-1-2-4-9(8)15-10/h1-4,12H,5-6H2. The molecule has 1 aromatic carbocycles. The SMILES string of the molecule is O=C(CO)CSc1nc2ccccc2s1. The van der Waals surface area contributed by atoms with Crippen molar-refractivity contribution in [2.24, 2.45) is 0 Å². The zero-order chi connectivity index (χ0) is 10.7. The second-order valence-electron chi connectivity index (χ2n) is 2.93. The molecule has 0 radical (unpaired) electrons. The number of thiazole rings is 1. The Kier molecular flexibility index (Phi) is 3.35. The van der Waals surface area contributed by atoms with E-state index in [9.17, 15) is 4.79 Å². The van der Waals surface area contributed by atoms with Crippen LogP contribution in [0.3, 0.4) is 0 Å². The van der Waals surface area contributed by atoms with E-state index in [2.05, 4.69) is 4.98 Å². The van der Waals surface area contributed by atoms with Crippen molar-refractivity contribution in [1.82, 2.24) is 4.98 Å². The molecule has 0 bridgehead atoms. The summed E-state index contributed by atoms with van der Waals surface area (Å²) >= 11 is 2.94. The molecule has 0 fully saturated rings. The molecule has 0 aliphatic carbocycles. The van der Waals surface area contributed by atoms with Gasteiger partial charge in [-0.05, 0) is 12.1 Å². The van der Waals surface area contributed by atoms with E-state index in [0.29, 0.717) is 0 Å². The number of fused-ring (bicyclic) bond motifs is 1. The number of carbonyl (C=O) groups excluding carboxylic acids is 1. The molecule has 0 aliphatic heterocycles. The number of ketones is 1. The van der Waals surface area contributed by atoms with Crippen molar-refractivity contribution in [2.75, 3.05) is 12.4 Å². The lowest BCUT2D eigenvalue weighted by molar-refractivity contribution is -0.119. The number of thioether (sulfide) groups is 1. The fraction of sp³-hybridized carbons (Fsp3) is 0.200. The van der Waals surface area contributed by atoms with Gasteiger partial charge in [0.2, 0.25) is 0 Å². The molecular weight excluding hydrogens is 230 g/mol. The van der Waals surface area contributed by atoms with E-state index in [1.165, 1.54) is 11.8 Å². The summed E-state index contributed by atoms with van der Waals surface area (Å²) in [6.45, 7) is -0.391. The lowest BCUT2D eigenvalue weighted by Crippen LogP contribution is -2.05. The minimum Gasteiger partial charge on any atom is -0.389 e. The maximum atomic E-state index is 10.9. The lowest BCUT2D eigenvalue weighted by Gasteiger charge is -1.92. The smallest absolute Gasteiger partial charge is 0.168 e. The van der Waals surface area contributed by atoms with Crippen LogP contribution in [0, 0.1) is 0 Å². The minimum atomic E-state index is -0.391. The van der Waals surface area contributed by atoms with Crippen LogP contribution in [-0.4, -0.2) is 28.2 Å². The summed E-state index contributed by atoms with van der Waals surface area (Å²) in [7, 11) is 0. The molecule has 0 unspecified atom stereocenters. The molecule has 3 nitrogen and oxygen atoms in total. The van der Waals surface area contributed by atoms with Crippen molar-refractivity contribution in [2.45, 2.75) is 4.34 Å². The number of hydrogen-bond donors (Lipinski definition) is 1. The number of para-hydroxylation sites is 1. The predicted molar refractivity (Wildman–Crippen MR) is 62.4 cm³/mol. The van der Waals surface area contributed by atoms with Gasteiger partial charge in [-0.15, -0.1) is 11.3 Å². The number of nitrogens with zero attached hydrogens (tertiary/aromatic N) is 1. The Bertz CT molecular complexity index is 448. The van der Waals surface area contributed by atoms with Crippen molar-refractivity contribution in [1.29, 1.82) is 0 Å². The van der Waals surface area contributed by atoms with Gasteiger partial charge in [0.25, 0.3) is 0 Å². The van der Waals surface area contributed by atoms with Gasteiger partial charge in [0.15, 0.2) is 10.1 Å². The molecule has 1 N–H and O–H groups in total. The normalized spacial score (nSPS) is 10.7.